The zero-order valence-corrected chi connectivity index (χ0v) is 13.6. The molecule has 0 radical (unpaired) electrons. The summed E-state index contributed by atoms with van der Waals surface area (Å²) in [5, 5.41) is 2.81. The van der Waals surface area contributed by atoms with Crippen LogP contribution in [0.3, 0.4) is 0 Å². The first kappa shape index (κ1) is 15.9. The second kappa shape index (κ2) is 6.62. The molecule has 24 heavy (non-hydrogen) atoms. The summed E-state index contributed by atoms with van der Waals surface area (Å²) in [6.45, 7) is 4.80. The predicted molar refractivity (Wildman–Crippen MR) is 93.6 cm³/mol. The molecule has 3 N–H and O–H groups in total. The molecule has 1 heterocycles. The number of nitrogens with one attached hydrogen (secondary N) is 3. The van der Waals surface area contributed by atoms with Crippen molar-refractivity contribution in [1.29, 1.82) is 0 Å². The molecule has 0 saturated carbocycles. The van der Waals surface area contributed by atoms with Crippen molar-refractivity contribution in [2.75, 3.05) is 11.9 Å². The van der Waals surface area contributed by atoms with E-state index in [2.05, 4.69) is 29.1 Å². The molecule has 0 aliphatic carbocycles. The molecule has 0 spiro atoms. The van der Waals surface area contributed by atoms with Crippen LogP contribution in [0.2, 0.25) is 0 Å². The number of rotatable bonds is 5. The highest BCUT2D eigenvalue weighted by Crippen LogP contribution is 2.17. The predicted octanol–water partition coefficient (Wildman–Crippen LogP) is 3.14. The molecular formula is C18H19N3O3. The van der Waals surface area contributed by atoms with Gasteiger partial charge in [-0.2, -0.15) is 0 Å². The van der Waals surface area contributed by atoms with Gasteiger partial charge >= 0.3 is 5.69 Å². The highest BCUT2D eigenvalue weighted by atomic mass is 16.5. The summed E-state index contributed by atoms with van der Waals surface area (Å²) >= 11 is 0. The molecule has 0 saturated heterocycles. The number of H-pyrrole nitrogens is 2. The highest BCUT2D eigenvalue weighted by molar-refractivity contribution is 6.05. The van der Waals surface area contributed by atoms with E-state index >= 15 is 0 Å². The van der Waals surface area contributed by atoms with E-state index < -0.39 is 0 Å². The van der Waals surface area contributed by atoms with Crippen molar-refractivity contribution in [3.8, 4) is 5.75 Å². The van der Waals surface area contributed by atoms with Crippen LogP contribution in [0.1, 0.15) is 24.2 Å². The summed E-state index contributed by atoms with van der Waals surface area (Å²) in [6, 6.07) is 12.2. The molecule has 0 fully saturated rings. The smallest absolute Gasteiger partial charge is 0.323 e. The quantitative estimate of drug-likeness (QED) is 0.673. The fourth-order valence-corrected chi connectivity index (χ4v) is 2.28. The van der Waals surface area contributed by atoms with E-state index in [4.69, 9.17) is 4.74 Å². The van der Waals surface area contributed by atoms with Crippen LogP contribution in [0.5, 0.6) is 5.75 Å². The number of carbonyl (C=O) groups is 1. The van der Waals surface area contributed by atoms with Gasteiger partial charge in [0, 0.05) is 11.3 Å². The molecular weight excluding hydrogens is 306 g/mol. The third-order valence-electron chi connectivity index (χ3n) is 3.47. The van der Waals surface area contributed by atoms with Crippen molar-refractivity contribution in [3.05, 3.63) is 58.5 Å². The second-order valence-corrected chi connectivity index (χ2v) is 6.02. The van der Waals surface area contributed by atoms with Crippen LogP contribution in [0, 0.1) is 5.92 Å². The van der Waals surface area contributed by atoms with Gasteiger partial charge in [0.1, 0.15) is 5.75 Å². The van der Waals surface area contributed by atoms with Crippen LogP contribution in [-0.4, -0.2) is 22.5 Å². The molecule has 0 unspecified atom stereocenters. The van der Waals surface area contributed by atoms with Gasteiger partial charge in [-0.25, -0.2) is 4.79 Å². The highest BCUT2D eigenvalue weighted by Gasteiger charge is 2.08. The first-order valence-corrected chi connectivity index (χ1v) is 7.77. The summed E-state index contributed by atoms with van der Waals surface area (Å²) in [4.78, 5) is 28.9. The van der Waals surface area contributed by atoms with Gasteiger partial charge < -0.3 is 20.0 Å². The van der Waals surface area contributed by atoms with E-state index in [0.717, 1.165) is 5.75 Å². The molecule has 3 rings (SSSR count). The normalized spacial score (nSPS) is 11.0. The van der Waals surface area contributed by atoms with E-state index in [1.165, 1.54) is 0 Å². The maximum atomic E-state index is 12.3. The fourth-order valence-electron chi connectivity index (χ4n) is 2.28. The Hall–Kier alpha value is -3.02. The Balaban J connectivity index is 1.70. The monoisotopic (exact) mass is 325 g/mol. The van der Waals surface area contributed by atoms with Gasteiger partial charge in [0.2, 0.25) is 0 Å². The molecule has 6 nitrogen and oxygen atoms in total. The van der Waals surface area contributed by atoms with E-state index in [9.17, 15) is 9.59 Å². The lowest BCUT2D eigenvalue weighted by Crippen LogP contribution is -2.12. The summed E-state index contributed by atoms with van der Waals surface area (Å²) < 4.78 is 5.60. The molecule has 2 aromatic carbocycles. The van der Waals surface area contributed by atoms with Crippen molar-refractivity contribution in [2.24, 2.45) is 5.92 Å². The Morgan fingerprint density at radius 3 is 2.50 bits per heavy atom. The molecule has 1 aromatic heterocycles. The van der Waals surface area contributed by atoms with E-state index in [1.54, 1.807) is 42.5 Å². The zero-order valence-electron chi connectivity index (χ0n) is 13.6. The molecule has 1 amide bonds. The number of carbonyl (C=O) groups excluding carboxylic acids is 1. The average molecular weight is 325 g/mol. The van der Waals surface area contributed by atoms with Gasteiger partial charge in [-0.1, -0.05) is 13.8 Å². The second-order valence-electron chi connectivity index (χ2n) is 6.02. The van der Waals surface area contributed by atoms with Crippen molar-refractivity contribution in [3.63, 3.8) is 0 Å². The molecule has 0 aliphatic heterocycles. The number of aromatic nitrogens is 2. The van der Waals surface area contributed by atoms with Crippen molar-refractivity contribution in [2.45, 2.75) is 13.8 Å². The van der Waals surface area contributed by atoms with E-state index in [-0.39, 0.29) is 11.6 Å². The van der Waals surface area contributed by atoms with Crippen molar-refractivity contribution >= 4 is 22.6 Å². The Labute approximate surface area is 138 Å². The van der Waals surface area contributed by atoms with Crippen LogP contribution >= 0.6 is 0 Å². The van der Waals surface area contributed by atoms with Gasteiger partial charge in [0.05, 0.1) is 17.6 Å². The lowest BCUT2D eigenvalue weighted by molar-refractivity contribution is 0.102. The third kappa shape index (κ3) is 3.65. The van der Waals surface area contributed by atoms with Crippen LogP contribution in [-0.2, 0) is 0 Å². The average Bonchev–Trinajstić information content (AvgIpc) is 2.92. The van der Waals surface area contributed by atoms with Crippen LogP contribution in [0.25, 0.3) is 11.0 Å². The molecule has 0 bridgehead atoms. The number of ether oxygens (including phenoxy) is 1. The number of fused-ring (bicyclic) bond motifs is 1. The Morgan fingerprint density at radius 2 is 1.79 bits per heavy atom. The Kier molecular flexibility index (Phi) is 4.37. The number of imidazole rings is 1. The summed E-state index contributed by atoms with van der Waals surface area (Å²) in [7, 11) is 0. The maximum absolute atomic E-state index is 12.3. The minimum absolute atomic E-state index is 0.220. The molecule has 0 aliphatic rings. The number of hydrogen-bond donors (Lipinski definition) is 3. The topological polar surface area (TPSA) is 87.0 Å². The van der Waals surface area contributed by atoms with Crippen LogP contribution in [0.15, 0.2) is 47.3 Å². The summed E-state index contributed by atoms with van der Waals surface area (Å²) in [5.41, 5.74) is 2.22. The zero-order chi connectivity index (χ0) is 17.1. The first-order valence-electron chi connectivity index (χ1n) is 7.77. The number of amides is 1. The number of hydrogen-bond acceptors (Lipinski definition) is 3. The van der Waals surface area contributed by atoms with Crippen molar-refractivity contribution in [1.82, 2.24) is 9.97 Å². The largest absolute Gasteiger partial charge is 0.493 e. The van der Waals surface area contributed by atoms with E-state index in [1.807, 2.05) is 0 Å². The molecule has 0 atom stereocenters. The number of benzene rings is 2. The number of aromatic amines is 2. The van der Waals surface area contributed by atoms with Crippen LogP contribution < -0.4 is 15.7 Å². The fraction of sp³-hybridized carbons (Fsp3) is 0.222. The molecule has 6 heteroatoms. The third-order valence-corrected chi connectivity index (χ3v) is 3.47. The lowest BCUT2D eigenvalue weighted by atomic mass is 10.2. The Bertz CT molecular complexity index is 907. The first-order chi connectivity index (χ1) is 11.5. The van der Waals surface area contributed by atoms with Gasteiger partial charge in [-0.05, 0) is 48.4 Å². The van der Waals surface area contributed by atoms with Gasteiger partial charge in [0.25, 0.3) is 5.91 Å². The van der Waals surface area contributed by atoms with Gasteiger partial charge in [0.15, 0.2) is 0 Å². The Morgan fingerprint density at radius 1 is 1.08 bits per heavy atom. The van der Waals surface area contributed by atoms with Gasteiger partial charge in [-0.15, -0.1) is 0 Å². The summed E-state index contributed by atoms with van der Waals surface area (Å²) in [6.07, 6.45) is 0. The minimum atomic E-state index is -0.273. The van der Waals surface area contributed by atoms with E-state index in [0.29, 0.717) is 34.8 Å². The number of anilines is 1. The lowest BCUT2D eigenvalue weighted by Gasteiger charge is -2.09. The maximum Gasteiger partial charge on any atom is 0.323 e. The SMILES string of the molecule is CC(C)COc1ccc(C(=O)Nc2ccc3[nH]c(=O)[nH]c3c2)cc1. The molecule has 3 aromatic rings. The van der Waals surface area contributed by atoms with Crippen LogP contribution in [0.4, 0.5) is 5.69 Å². The standard InChI is InChI=1S/C18H19N3O3/c1-11(2)10-24-14-6-3-12(4-7-14)17(22)19-13-5-8-15-16(9-13)21-18(23)20-15/h3-9,11H,10H2,1-2H3,(H,19,22)(H2,20,21,23). The van der Waals surface area contributed by atoms with Gasteiger partial charge in [-0.3, -0.25) is 4.79 Å². The van der Waals surface area contributed by atoms with Crippen molar-refractivity contribution < 1.29 is 9.53 Å². The summed E-state index contributed by atoms with van der Waals surface area (Å²) in [5.74, 6) is 0.969. The minimum Gasteiger partial charge on any atom is -0.493 e. The molecule has 124 valence electrons.